The quantitative estimate of drug-likeness (QED) is 0.738. The van der Waals surface area contributed by atoms with Crippen molar-refractivity contribution in [3.8, 4) is 11.4 Å². The summed E-state index contributed by atoms with van der Waals surface area (Å²) >= 11 is 0. The smallest absolute Gasteiger partial charge is 0.263 e. The van der Waals surface area contributed by atoms with Gasteiger partial charge < -0.3 is 9.88 Å². The Hall–Kier alpha value is -3.22. The maximum atomic E-state index is 12.6. The number of hydrogen-bond acceptors (Lipinski definition) is 4. The highest BCUT2D eigenvalue weighted by Gasteiger charge is 2.27. The third kappa shape index (κ3) is 3.15. The predicted molar refractivity (Wildman–Crippen MR) is 96.7 cm³/mol. The first-order valence-electron chi connectivity index (χ1n) is 8.60. The summed E-state index contributed by atoms with van der Waals surface area (Å²) in [6.45, 7) is 1.95. The molecule has 1 saturated carbocycles. The zero-order valence-corrected chi connectivity index (χ0v) is 14.4. The molecule has 3 aromatic rings. The summed E-state index contributed by atoms with van der Waals surface area (Å²) in [6.07, 6.45) is 3.75. The van der Waals surface area contributed by atoms with Gasteiger partial charge in [0.2, 0.25) is 0 Å². The van der Waals surface area contributed by atoms with Crippen LogP contribution in [0.1, 0.15) is 40.6 Å². The monoisotopic (exact) mass is 349 g/mol. The summed E-state index contributed by atoms with van der Waals surface area (Å²) in [6, 6.07) is 11.6. The number of aromatic amines is 1. The Balaban J connectivity index is 1.49. The molecule has 1 aromatic carbocycles. The third-order valence-corrected chi connectivity index (χ3v) is 4.48. The topological polar surface area (TPSA) is 92.7 Å². The van der Waals surface area contributed by atoms with Gasteiger partial charge in [-0.3, -0.25) is 14.7 Å². The van der Waals surface area contributed by atoms with Gasteiger partial charge in [0.1, 0.15) is 11.4 Å². The van der Waals surface area contributed by atoms with Gasteiger partial charge in [-0.15, -0.1) is 0 Å². The van der Waals surface area contributed by atoms with Crippen LogP contribution in [0.5, 0.6) is 0 Å². The average molecular weight is 349 g/mol. The fraction of sp³-hybridized carbons (Fsp3) is 0.263. The number of hydrogen-bond donors (Lipinski definition) is 2. The number of rotatable bonds is 5. The molecule has 2 aromatic heterocycles. The SMILES string of the molecule is Cc1ccn(C2CC2)c(=O)c1C(=O)NCc1nc(-c2ccccc2)n[nH]1. The Kier molecular flexibility index (Phi) is 4.12. The number of amides is 1. The Labute approximate surface area is 150 Å². The van der Waals surface area contributed by atoms with Crippen molar-refractivity contribution in [1.29, 1.82) is 0 Å². The van der Waals surface area contributed by atoms with Crippen molar-refractivity contribution in [3.05, 3.63) is 69.9 Å². The molecule has 0 aliphatic heterocycles. The lowest BCUT2D eigenvalue weighted by Crippen LogP contribution is -2.33. The number of carbonyl (C=O) groups is 1. The fourth-order valence-electron chi connectivity index (χ4n) is 2.90. The Morgan fingerprint density at radius 3 is 2.77 bits per heavy atom. The molecule has 1 aliphatic rings. The lowest BCUT2D eigenvalue weighted by molar-refractivity contribution is 0.0947. The maximum Gasteiger partial charge on any atom is 0.263 e. The highest BCUT2D eigenvalue weighted by atomic mass is 16.2. The Bertz CT molecular complexity index is 1000. The lowest BCUT2D eigenvalue weighted by Gasteiger charge is -2.09. The summed E-state index contributed by atoms with van der Waals surface area (Å²) in [7, 11) is 0. The number of carbonyl (C=O) groups excluding carboxylic acids is 1. The minimum Gasteiger partial charge on any atom is -0.345 e. The number of nitrogens with one attached hydrogen (secondary N) is 2. The molecule has 2 heterocycles. The normalized spacial score (nSPS) is 13.6. The molecular weight excluding hydrogens is 330 g/mol. The second-order valence-electron chi connectivity index (χ2n) is 6.47. The Morgan fingerprint density at radius 1 is 1.27 bits per heavy atom. The Morgan fingerprint density at radius 2 is 2.04 bits per heavy atom. The zero-order valence-electron chi connectivity index (χ0n) is 14.4. The molecule has 0 atom stereocenters. The van der Waals surface area contributed by atoms with Crippen molar-refractivity contribution in [3.63, 3.8) is 0 Å². The number of aryl methyl sites for hydroxylation is 1. The van der Waals surface area contributed by atoms with E-state index >= 15 is 0 Å². The van der Waals surface area contributed by atoms with E-state index in [0.29, 0.717) is 17.2 Å². The van der Waals surface area contributed by atoms with Crippen LogP contribution < -0.4 is 10.9 Å². The van der Waals surface area contributed by atoms with Gasteiger partial charge in [0, 0.05) is 17.8 Å². The first-order chi connectivity index (χ1) is 12.6. The first kappa shape index (κ1) is 16.3. The number of H-pyrrole nitrogens is 1. The number of nitrogens with zero attached hydrogens (tertiary/aromatic N) is 3. The molecule has 0 saturated heterocycles. The van der Waals surface area contributed by atoms with E-state index in [9.17, 15) is 9.59 Å². The molecule has 0 bridgehead atoms. The molecule has 0 radical (unpaired) electrons. The van der Waals surface area contributed by atoms with Crippen LogP contribution in [0.3, 0.4) is 0 Å². The van der Waals surface area contributed by atoms with E-state index in [2.05, 4.69) is 20.5 Å². The lowest BCUT2D eigenvalue weighted by atomic mass is 10.1. The summed E-state index contributed by atoms with van der Waals surface area (Å²) in [4.78, 5) is 29.5. The molecule has 0 unspecified atom stereocenters. The van der Waals surface area contributed by atoms with Gasteiger partial charge in [0.25, 0.3) is 11.5 Å². The molecule has 0 spiro atoms. The van der Waals surface area contributed by atoms with Crippen molar-refractivity contribution < 1.29 is 4.79 Å². The molecule has 7 heteroatoms. The van der Waals surface area contributed by atoms with Crippen LogP contribution in [0.4, 0.5) is 0 Å². The van der Waals surface area contributed by atoms with Crippen LogP contribution in [-0.4, -0.2) is 25.7 Å². The van der Waals surface area contributed by atoms with Crippen LogP contribution in [0.25, 0.3) is 11.4 Å². The van der Waals surface area contributed by atoms with Crippen LogP contribution in [0.2, 0.25) is 0 Å². The van der Waals surface area contributed by atoms with Crippen LogP contribution in [0.15, 0.2) is 47.4 Å². The van der Waals surface area contributed by atoms with Gasteiger partial charge in [-0.2, -0.15) is 5.10 Å². The standard InChI is InChI=1S/C19H19N5O2/c1-12-9-10-24(14-7-8-14)19(26)16(12)18(25)20-11-15-21-17(23-22-15)13-5-3-2-4-6-13/h2-6,9-10,14H,7-8,11H2,1H3,(H,20,25)(H,21,22,23). The molecule has 1 fully saturated rings. The number of aromatic nitrogens is 4. The average Bonchev–Trinajstić information content (AvgIpc) is 3.37. The van der Waals surface area contributed by atoms with Gasteiger partial charge in [0.05, 0.1) is 6.54 Å². The van der Waals surface area contributed by atoms with Crippen molar-refractivity contribution in [2.45, 2.75) is 32.4 Å². The molecule has 2 N–H and O–H groups in total. The van der Waals surface area contributed by atoms with Crippen LogP contribution in [-0.2, 0) is 6.54 Å². The number of pyridine rings is 1. The highest BCUT2D eigenvalue weighted by molar-refractivity contribution is 5.95. The van der Waals surface area contributed by atoms with Crippen molar-refractivity contribution in [1.82, 2.24) is 25.1 Å². The summed E-state index contributed by atoms with van der Waals surface area (Å²) in [5.41, 5.74) is 1.54. The van der Waals surface area contributed by atoms with Gasteiger partial charge in [-0.1, -0.05) is 30.3 Å². The van der Waals surface area contributed by atoms with Crippen molar-refractivity contribution >= 4 is 5.91 Å². The van der Waals surface area contributed by atoms with Gasteiger partial charge in [-0.25, -0.2) is 4.98 Å². The summed E-state index contributed by atoms with van der Waals surface area (Å²) < 4.78 is 1.66. The fourth-order valence-corrected chi connectivity index (χ4v) is 2.90. The summed E-state index contributed by atoms with van der Waals surface area (Å²) in [5.74, 6) is 0.718. The third-order valence-electron chi connectivity index (χ3n) is 4.48. The molecule has 132 valence electrons. The summed E-state index contributed by atoms with van der Waals surface area (Å²) in [5, 5.41) is 9.75. The van der Waals surface area contributed by atoms with E-state index in [1.165, 1.54) is 0 Å². The van der Waals surface area contributed by atoms with E-state index in [1.807, 2.05) is 36.4 Å². The highest BCUT2D eigenvalue weighted by Crippen LogP contribution is 2.33. The van der Waals surface area contributed by atoms with E-state index < -0.39 is 0 Å². The van der Waals surface area contributed by atoms with E-state index in [-0.39, 0.29) is 29.6 Å². The predicted octanol–water partition coefficient (Wildman–Crippen LogP) is 2.21. The van der Waals surface area contributed by atoms with E-state index in [4.69, 9.17) is 0 Å². The molecule has 26 heavy (non-hydrogen) atoms. The van der Waals surface area contributed by atoms with Gasteiger partial charge >= 0.3 is 0 Å². The molecule has 1 amide bonds. The van der Waals surface area contributed by atoms with Gasteiger partial charge in [-0.05, 0) is 31.4 Å². The molecular formula is C19H19N5O2. The molecule has 1 aliphatic carbocycles. The maximum absolute atomic E-state index is 12.6. The van der Waals surface area contributed by atoms with E-state index in [1.54, 1.807) is 17.7 Å². The largest absolute Gasteiger partial charge is 0.345 e. The second kappa shape index (κ2) is 6.59. The van der Waals surface area contributed by atoms with Crippen molar-refractivity contribution in [2.75, 3.05) is 0 Å². The minimum absolute atomic E-state index is 0.176. The van der Waals surface area contributed by atoms with Crippen molar-refractivity contribution in [2.24, 2.45) is 0 Å². The number of benzene rings is 1. The van der Waals surface area contributed by atoms with Crippen LogP contribution >= 0.6 is 0 Å². The molecule has 4 rings (SSSR count). The van der Waals surface area contributed by atoms with Gasteiger partial charge in [0.15, 0.2) is 5.82 Å². The van der Waals surface area contributed by atoms with E-state index in [0.717, 1.165) is 18.4 Å². The molecule has 7 nitrogen and oxygen atoms in total. The minimum atomic E-state index is -0.389. The zero-order chi connectivity index (χ0) is 18.1. The first-order valence-corrected chi connectivity index (χ1v) is 8.60. The van der Waals surface area contributed by atoms with Crippen LogP contribution in [0, 0.1) is 6.92 Å². The second-order valence-corrected chi connectivity index (χ2v) is 6.47.